The third kappa shape index (κ3) is 2.06. The van der Waals surface area contributed by atoms with Crippen molar-refractivity contribution in [2.45, 2.75) is 13.3 Å². The highest BCUT2D eigenvalue weighted by Crippen LogP contribution is 2.35. The van der Waals surface area contributed by atoms with Crippen LogP contribution in [0.1, 0.15) is 11.1 Å². The molecule has 0 spiro atoms. The molecule has 2 aromatic rings. The molecule has 3 rings (SSSR count). The van der Waals surface area contributed by atoms with E-state index in [-0.39, 0.29) is 0 Å². The summed E-state index contributed by atoms with van der Waals surface area (Å²) in [5.74, 6) is 0. The standard InChI is InChI=1S/C15H14IN/c1-11-2-5-14(6-3-11)17-9-8-12-10-13(16)4-7-15(12)17/h2-7,10H,8-9H2,1H3. The van der Waals surface area contributed by atoms with Crippen LogP contribution in [-0.2, 0) is 6.42 Å². The van der Waals surface area contributed by atoms with Crippen LogP contribution in [0.25, 0.3) is 0 Å². The molecule has 1 heterocycles. The normalized spacial score (nSPS) is 13.9. The van der Waals surface area contributed by atoms with Crippen molar-refractivity contribution >= 4 is 34.0 Å². The van der Waals surface area contributed by atoms with Crippen molar-refractivity contribution in [2.24, 2.45) is 0 Å². The van der Waals surface area contributed by atoms with E-state index in [2.05, 4.69) is 76.9 Å². The van der Waals surface area contributed by atoms with E-state index in [4.69, 9.17) is 0 Å². The van der Waals surface area contributed by atoms with Gasteiger partial charge in [-0.2, -0.15) is 0 Å². The summed E-state index contributed by atoms with van der Waals surface area (Å²) in [7, 11) is 0. The molecule has 0 saturated heterocycles. The quantitative estimate of drug-likeness (QED) is 0.703. The smallest absolute Gasteiger partial charge is 0.0444 e. The molecule has 0 radical (unpaired) electrons. The summed E-state index contributed by atoms with van der Waals surface area (Å²) >= 11 is 2.38. The van der Waals surface area contributed by atoms with Crippen LogP contribution >= 0.6 is 22.6 Å². The number of hydrogen-bond donors (Lipinski definition) is 0. The Morgan fingerprint density at radius 2 is 1.82 bits per heavy atom. The largest absolute Gasteiger partial charge is 0.341 e. The van der Waals surface area contributed by atoms with Gasteiger partial charge in [0.2, 0.25) is 0 Å². The van der Waals surface area contributed by atoms with Gasteiger partial charge >= 0.3 is 0 Å². The van der Waals surface area contributed by atoms with E-state index in [1.54, 1.807) is 0 Å². The lowest BCUT2D eigenvalue weighted by atomic mass is 10.1. The minimum atomic E-state index is 1.10. The Kier molecular flexibility index (Phi) is 2.82. The van der Waals surface area contributed by atoms with Gasteiger partial charge in [0, 0.05) is 21.5 Å². The monoisotopic (exact) mass is 335 g/mol. The highest BCUT2D eigenvalue weighted by Gasteiger charge is 2.19. The molecule has 86 valence electrons. The van der Waals surface area contributed by atoms with Crippen molar-refractivity contribution in [1.29, 1.82) is 0 Å². The highest BCUT2D eigenvalue weighted by molar-refractivity contribution is 14.1. The minimum Gasteiger partial charge on any atom is -0.341 e. The van der Waals surface area contributed by atoms with Crippen LogP contribution < -0.4 is 4.90 Å². The molecule has 0 aliphatic carbocycles. The molecule has 0 saturated carbocycles. The van der Waals surface area contributed by atoms with Crippen LogP contribution in [0.5, 0.6) is 0 Å². The number of hydrogen-bond acceptors (Lipinski definition) is 1. The maximum atomic E-state index is 2.41. The Morgan fingerprint density at radius 3 is 2.59 bits per heavy atom. The van der Waals surface area contributed by atoms with Crippen LogP contribution in [0.15, 0.2) is 42.5 Å². The summed E-state index contributed by atoms with van der Waals surface area (Å²) in [6.07, 6.45) is 1.15. The zero-order chi connectivity index (χ0) is 11.8. The van der Waals surface area contributed by atoms with Crippen molar-refractivity contribution in [3.05, 3.63) is 57.2 Å². The summed E-state index contributed by atoms with van der Waals surface area (Å²) in [6.45, 7) is 3.22. The molecule has 1 nitrogen and oxygen atoms in total. The molecular weight excluding hydrogens is 321 g/mol. The Hall–Kier alpha value is -1.03. The van der Waals surface area contributed by atoms with E-state index in [1.807, 2.05) is 0 Å². The van der Waals surface area contributed by atoms with Gasteiger partial charge in [0.1, 0.15) is 0 Å². The lowest BCUT2D eigenvalue weighted by Gasteiger charge is -2.19. The first-order valence-electron chi connectivity index (χ1n) is 5.87. The first-order valence-corrected chi connectivity index (χ1v) is 6.94. The van der Waals surface area contributed by atoms with Crippen molar-refractivity contribution in [3.63, 3.8) is 0 Å². The fraction of sp³-hybridized carbons (Fsp3) is 0.200. The molecule has 2 heteroatoms. The van der Waals surface area contributed by atoms with Crippen LogP contribution in [0.3, 0.4) is 0 Å². The predicted octanol–water partition coefficient (Wildman–Crippen LogP) is 4.29. The molecule has 0 N–H and O–H groups in total. The SMILES string of the molecule is Cc1ccc(N2CCc3cc(I)ccc32)cc1. The average molecular weight is 335 g/mol. The van der Waals surface area contributed by atoms with Crippen LogP contribution in [0.2, 0.25) is 0 Å². The van der Waals surface area contributed by atoms with Crippen LogP contribution in [-0.4, -0.2) is 6.54 Å². The minimum absolute atomic E-state index is 1.10. The first-order chi connectivity index (χ1) is 8.24. The van der Waals surface area contributed by atoms with Gasteiger partial charge in [-0.25, -0.2) is 0 Å². The van der Waals surface area contributed by atoms with Gasteiger partial charge in [-0.15, -0.1) is 0 Å². The Morgan fingerprint density at radius 1 is 1.06 bits per heavy atom. The Labute approximate surface area is 116 Å². The van der Waals surface area contributed by atoms with E-state index in [0.29, 0.717) is 0 Å². The lowest BCUT2D eigenvalue weighted by Crippen LogP contribution is -2.12. The van der Waals surface area contributed by atoms with Crippen molar-refractivity contribution in [3.8, 4) is 0 Å². The van der Waals surface area contributed by atoms with Crippen molar-refractivity contribution < 1.29 is 0 Å². The lowest BCUT2D eigenvalue weighted by molar-refractivity contribution is 0.998. The van der Waals surface area contributed by atoms with Crippen LogP contribution in [0.4, 0.5) is 11.4 Å². The molecule has 0 atom stereocenters. The number of aryl methyl sites for hydroxylation is 1. The second kappa shape index (κ2) is 4.33. The molecule has 0 amide bonds. The molecule has 1 aliphatic heterocycles. The van der Waals surface area contributed by atoms with Crippen molar-refractivity contribution in [2.75, 3.05) is 11.4 Å². The Balaban J connectivity index is 2.01. The van der Waals surface area contributed by atoms with Crippen LogP contribution in [0, 0.1) is 10.5 Å². The van der Waals surface area contributed by atoms with Gasteiger partial charge in [-0.05, 0) is 71.8 Å². The number of nitrogens with zero attached hydrogens (tertiary/aromatic N) is 1. The topological polar surface area (TPSA) is 3.24 Å². The molecule has 0 aromatic heterocycles. The second-order valence-corrected chi connectivity index (χ2v) is 5.76. The molecule has 17 heavy (non-hydrogen) atoms. The van der Waals surface area contributed by atoms with E-state index in [9.17, 15) is 0 Å². The second-order valence-electron chi connectivity index (χ2n) is 4.51. The fourth-order valence-corrected chi connectivity index (χ4v) is 2.92. The predicted molar refractivity (Wildman–Crippen MR) is 81.0 cm³/mol. The average Bonchev–Trinajstić information content (AvgIpc) is 2.73. The molecular formula is C15H14IN. The Bertz CT molecular complexity index is 545. The van der Waals surface area contributed by atoms with Gasteiger partial charge in [0.25, 0.3) is 0 Å². The maximum absolute atomic E-state index is 2.41. The molecule has 0 unspecified atom stereocenters. The molecule has 1 aliphatic rings. The van der Waals surface area contributed by atoms with Gasteiger partial charge in [0.15, 0.2) is 0 Å². The van der Waals surface area contributed by atoms with Gasteiger partial charge in [0.05, 0.1) is 0 Å². The van der Waals surface area contributed by atoms with Crippen molar-refractivity contribution in [1.82, 2.24) is 0 Å². The summed E-state index contributed by atoms with van der Waals surface area (Å²) in [5.41, 5.74) is 5.46. The zero-order valence-electron chi connectivity index (χ0n) is 9.78. The maximum Gasteiger partial charge on any atom is 0.0444 e. The molecule has 0 fully saturated rings. The van der Waals surface area contributed by atoms with E-state index in [1.165, 1.54) is 26.1 Å². The number of fused-ring (bicyclic) bond motifs is 1. The highest BCUT2D eigenvalue weighted by atomic mass is 127. The summed E-state index contributed by atoms with van der Waals surface area (Å²) < 4.78 is 1.33. The third-order valence-electron chi connectivity index (χ3n) is 3.28. The molecule has 2 aromatic carbocycles. The zero-order valence-corrected chi connectivity index (χ0v) is 11.9. The fourth-order valence-electron chi connectivity index (χ4n) is 2.36. The number of rotatable bonds is 1. The third-order valence-corrected chi connectivity index (χ3v) is 3.95. The van der Waals surface area contributed by atoms with E-state index >= 15 is 0 Å². The van der Waals surface area contributed by atoms with Gasteiger partial charge < -0.3 is 4.90 Å². The van der Waals surface area contributed by atoms with Gasteiger partial charge in [-0.1, -0.05) is 17.7 Å². The summed E-state index contributed by atoms with van der Waals surface area (Å²) in [5, 5.41) is 0. The van der Waals surface area contributed by atoms with E-state index < -0.39 is 0 Å². The summed E-state index contributed by atoms with van der Waals surface area (Å²) in [6, 6.07) is 15.5. The van der Waals surface area contributed by atoms with E-state index in [0.717, 1.165) is 13.0 Å². The number of halogens is 1. The number of benzene rings is 2. The summed E-state index contributed by atoms with van der Waals surface area (Å²) in [4.78, 5) is 2.41. The van der Waals surface area contributed by atoms with Gasteiger partial charge in [-0.3, -0.25) is 0 Å². The first kappa shape index (κ1) is 11.1. The molecule has 0 bridgehead atoms. The number of anilines is 2.